The van der Waals surface area contributed by atoms with Crippen LogP contribution >= 0.6 is 11.6 Å². The largest absolute Gasteiger partial charge is 0.325 e. The number of likely N-dealkylation sites (tertiary alicyclic amines) is 1. The average molecular weight is 310 g/mol. The van der Waals surface area contributed by atoms with Gasteiger partial charge >= 0.3 is 0 Å². The van der Waals surface area contributed by atoms with Gasteiger partial charge in [0.2, 0.25) is 5.91 Å². The van der Waals surface area contributed by atoms with Crippen LogP contribution < -0.4 is 10.6 Å². The molecule has 1 fully saturated rings. The van der Waals surface area contributed by atoms with Crippen molar-refractivity contribution in [1.82, 2.24) is 10.2 Å². The zero-order valence-electron chi connectivity index (χ0n) is 12.8. The highest BCUT2D eigenvalue weighted by Gasteiger charge is 2.23. The number of carbonyl (C=O) groups excluding carboxylic acids is 1. The fourth-order valence-corrected chi connectivity index (χ4v) is 3.03. The maximum absolute atomic E-state index is 12.3. The average Bonchev–Trinajstić information content (AvgIpc) is 2.46. The number of nitrogens with zero attached hydrogens (tertiary/aromatic N) is 1. The van der Waals surface area contributed by atoms with Crippen LogP contribution in [0.15, 0.2) is 18.2 Å². The topological polar surface area (TPSA) is 44.4 Å². The molecule has 1 aliphatic heterocycles. The van der Waals surface area contributed by atoms with Crippen molar-refractivity contribution >= 4 is 23.2 Å². The van der Waals surface area contributed by atoms with Gasteiger partial charge in [-0.25, -0.2) is 0 Å². The number of anilines is 1. The molecule has 1 heterocycles. The van der Waals surface area contributed by atoms with Crippen LogP contribution in [0.2, 0.25) is 5.02 Å². The summed E-state index contributed by atoms with van der Waals surface area (Å²) < 4.78 is 0. The number of nitrogens with one attached hydrogen (secondary N) is 2. The number of hydrogen-bond donors (Lipinski definition) is 2. The number of benzene rings is 1. The van der Waals surface area contributed by atoms with Crippen molar-refractivity contribution < 1.29 is 4.79 Å². The van der Waals surface area contributed by atoms with E-state index in [9.17, 15) is 4.79 Å². The number of amides is 1. The quantitative estimate of drug-likeness (QED) is 0.879. The van der Waals surface area contributed by atoms with E-state index in [4.69, 9.17) is 11.6 Å². The predicted molar refractivity (Wildman–Crippen MR) is 88.0 cm³/mol. The SMILES string of the molecule is CNCC1CCCCN1CC(=O)Nc1cccc(Cl)c1C. The summed E-state index contributed by atoms with van der Waals surface area (Å²) in [6.45, 7) is 4.29. The Hall–Kier alpha value is -1.10. The molecule has 116 valence electrons. The highest BCUT2D eigenvalue weighted by Crippen LogP contribution is 2.23. The molecule has 21 heavy (non-hydrogen) atoms. The molecule has 1 aromatic rings. The normalized spacial score (nSPS) is 19.5. The minimum absolute atomic E-state index is 0.0309. The van der Waals surface area contributed by atoms with Gasteiger partial charge in [-0.1, -0.05) is 24.1 Å². The van der Waals surface area contributed by atoms with Crippen LogP contribution in [0.4, 0.5) is 5.69 Å². The first-order valence-corrected chi connectivity index (χ1v) is 7.93. The Morgan fingerprint density at radius 2 is 2.24 bits per heavy atom. The van der Waals surface area contributed by atoms with E-state index in [1.807, 2.05) is 32.2 Å². The highest BCUT2D eigenvalue weighted by molar-refractivity contribution is 6.31. The Bertz CT molecular complexity index is 490. The van der Waals surface area contributed by atoms with Crippen molar-refractivity contribution in [3.63, 3.8) is 0 Å². The summed E-state index contributed by atoms with van der Waals surface area (Å²) >= 11 is 6.08. The number of halogens is 1. The lowest BCUT2D eigenvalue weighted by Crippen LogP contribution is -2.47. The molecule has 4 nitrogen and oxygen atoms in total. The van der Waals surface area contributed by atoms with Crippen LogP contribution in [0.3, 0.4) is 0 Å². The lowest BCUT2D eigenvalue weighted by molar-refractivity contribution is -0.118. The summed E-state index contributed by atoms with van der Waals surface area (Å²) in [5.41, 5.74) is 1.72. The zero-order valence-corrected chi connectivity index (χ0v) is 13.5. The van der Waals surface area contributed by atoms with Crippen molar-refractivity contribution in [2.45, 2.75) is 32.2 Å². The Balaban J connectivity index is 1.95. The van der Waals surface area contributed by atoms with Gasteiger partial charge in [0, 0.05) is 23.3 Å². The van der Waals surface area contributed by atoms with Gasteiger partial charge in [-0.3, -0.25) is 9.69 Å². The van der Waals surface area contributed by atoms with Gasteiger partial charge in [-0.05, 0) is 51.1 Å². The number of carbonyl (C=O) groups is 1. The van der Waals surface area contributed by atoms with Gasteiger partial charge < -0.3 is 10.6 Å². The number of rotatable bonds is 5. The van der Waals surface area contributed by atoms with Gasteiger partial charge in [0.25, 0.3) is 0 Å². The molecule has 1 unspecified atom stereocenters. The molecule has 1 amide bonds. The van der Waals surface area contributed by atoms with Crippen molar-refractivity contribution in [3.05, 3.63) is 28.8 Å². The first-order valence-electron chi connectivity index (χ1n) is 7.55. The standard InChI is InChI=1S/C16H24ClN3O/c1-12-14(17)7-5-8-15(12)19-16(21)11-20-9-4-3-6-13(20)10-18-2/h5,7-8,13,18H,3-4,6,9-11H2,1-2H3,(H,19,21). The van der Waals surface area contributed by atoms with E-state index in [2.05, 4.69) is 15.5 Å². The molecule has 0 aliphatic carbocycles. The molecule has 1 aliphatic rings. The summed E-state index contributed by atoms with van der Waals surface area (Å²) in [5, 5.41) is 6.87. The van der Waals surface area contributed by atoms with Crippen LogP contribution in [0.5, 0.6) is 0 Å². The van der Waals surface area contributed by atoms with E-state index >= 15 is 0 Å². The first-order chi connectivity index (χ1) is 10.1. The van der Waals surface area contributed by atoms with Crippen molar-refractivity contribution in [2.75, 3.05) is 32.0 Å². The lowest BCUT2D eigenvalue weighted by atomic mass is 10.0. The Morgan fingerprint density at radius 3 is 3.00 bits per heavy atom. The van der Waals surface area contributed by atoms with Crippen LogP contribution in [-0.4, -0.2) is 43.5 Å². The minimum Gasteiger partial charge on any atom is -0.325 e. The van der Waals surface area contributed by atoms with Crippen molar-refractivity contribution in [1.29, 1.82) is 0 Å². The number of piperidine rings is 1. The van der Waals surface area contributed by atoms with Gasteiger partial charge in [0.1, 0.15) is 0 Å². The Kier molecular flexibility index (Phi) is 6.03. The van der Waals surface area contributed by atoms with Gasteiger partial charge in [0.05, 0.1) is 6.54 Å². The second kappa shape index (κ2) is 7.78. The molecule has 5 heteroatoms. The lowest BCUT2D eigenvalue weighted by Gasteiger charge is -2.35. The fourth-order valence-electron chi connectivity index (χ4n) is 2.85. The maximum Gasteiger partial charge on any atom is 0.238 e. The molecule has 1 aromatic carbocycles. The Morgan fingerprint density at radius 1 is 1.43 bits per heavy atom. The van der Waals surface area contributed by atoms with E-state index in [1.54, 1.807) is 0 Å². The molecular formula is C16H24ClN3O. The van der Waals surface area contributed by atoms with E-state index < -0.39 is 0 Å². The maximum atomic E-state index is 12.3. The molecule has 1 atom stereocenters. The summed E-state index contributed by atoms with van der Waals surface area (Å²) in [5.74, 6) is 0.0309. The van der Waals surface area contributed by atoms with Crippen molar-refractivity contribution in [3.8, 4) is 0 Å². The minimum atomic E-state index is 0.0309. The highest BCUT2D eigenvalue weighted by atomic mass is 35.5. The molecule has 0 aromatic heterocycles. The Labute approximate surface area is 131 Å². The van der Waals surface area contributed by atoms with Gasteiger partial charge in [-0.2, -0.15) is 0 Å². The number of hydrogen-bond acceptors (Lipinski definition) is 3. The molecule has 0 radical (unpaired) electrons. The van der Waals surface area contributed by atoms with E-state index in [0.29, 0.717) is 17.6 Å². The molecular weight excluding hydrogens is 286 g/mol. The third kappa shape index (κ3) is 4.43. The molecule has 0 bridgehead atoms. The van der Waals surface area contributed by atoms with E-state index in [1.165, 1.54) is 12.8 Å². The zero-order chi connectivity index (χ0) is 15.2. The smallest absolute Gasteiger partial charge is 0.238 e. The second-order valence-electron chi connectivity index (χ2n) is 5.64. The molecule has 2 N–H and O–H groups in total. The second-order valence-corrected chi connectivity index (χ2v) is 6.05. The summed E-state index contributed by atoms with van der Waals surface area (Å²) in [6, 6.07) is 6.03. The van der Waals surface area contributed by atoms with Gasteiger partial charge in [0.15, 0.2) is 0 Å². The van der Waals surface area contributed by atoms with Crippen LogP contribution in [0, 0.1) is 6.92 Å². The third-order valence-electron chi connectivity index (χ3n) is 4.08. The van der Waals surface area contributed by atoms with Gasteiger partial charge in [-0.15, -0.1) is 0 Å². The molecule has 0 saturated carbocycles. The molecule has 1 saturated heterocycles. The summed E-state index contributed by atoms with van der Waals surface area (Å²) in [6.07, 6.45) is 3.58. The molecule has 2 rings (SSSR count). The summed E-state index contributed by atoms with van der Waals surface area (Å²) in [7, 11) is 1.96. The molecule has 0 spiro atoms. The third-order valence-corrected chi connectivity index (χ3v) is 4.49. The monoisotopic (exact) mass is 309 g/mol. The first kappa shape index (κ1) is 16.3. The number of likely N-dealkylation sites (N-methyl/N-ethyl adjacent to an activating group) is 1. The van der Waals surface area contributed by atoms with E-state index in [-0.39, 0.29) is 5.91 Å². The van der Waals surface area contributed by atoms with Crippen LogP contribution in [-0.2, 0) is 4.79 Å². The predicted octanol–water partition coefficient (Wildman–Crippen LogP) is 2.66. The van der Waals surface area contributed by atoms with Crippen molar-refractivity contribution in [2.24, 2.45) is 0 Å². The summed E-state index contributed by atoms with van der Waals surface area (Å²) in [4.78, 5) is 14.6. The van der Waals surface area contributed by atoms with E-state index in [0.717, 1.165) is 30.8 Å². The fraction of sp³-hybridized carbons (Fsp3) is 0.562. The van der Waals surface area contributed by atoms with Crippen LogP contribution in [0.1, 0.15) is 24.8 Å². The van der Waals surface area contributed by atoms with Crippen LogP contribution in [0.25, 0.3) is 0 Å².